The van der Waals surface area contributed by atoms with Crippen LogP contribution in [0.3, 0.4) is 0 Å². The summed E-state index contributed by atoms with van der Waals surface area (Å²) in [5, 5.41) is 9.36. The van der Waals surface area contributed by atoms with Crippen LogP contribution >= 0.6 is 0 Å². The topological polar surface area (TPSA) is 108 Å². The number of aromatic carboxylic acids is 1. The van der Waals surface area contributed by atoms with Crippen molar-refractivity contribution in [1.82, 2.24) is 20.5 Å². The third kappa shape index (κ3) is 4.09. The molecule has 2 aromatic rings. The number of anilines is 1. The van der Waals surface area contributed by atoms with Crippen LogP contribution in [0.15, 0.2) is 17.1 Å². The second kappa shape index (κ2) is 8.79. The number of carboxylic acids is 1. The minimum atomic E-state index is -1.32. The molecule has 31 heavy (non-hydrogen) atoms. The minimum absolute atomic E-state index is 0.0434. The van der Waals surface area contributed by atoms with E-state index in [1.165, 1.54) is 6.20 Å². The van der Waals surface area contributed by atoms with Crippen LogP contribution in [0.25, 0.3) is 10.9 Å². The first-order chi connectivity index (χ1) is 14.9. The molecule has 4 heterocycles. The van der Waals surface area contributed by atoms with E-state index < -0.39 is 17.2 Å². The first-order valence-corrected chi connectivity index (χ1v) is 10.2. The molecule has 2 fully saturated rings. The Morgan fingerprint density at radius 1 is 1.29 bits per heavy atom. The number of benzene rings is 1. The van der Waals surface area contributed by atoms with Gasteiger partial charge >= 0.3 is 5.97 Å². The molecule has 0 radical (unpaired) electrons. The van der Waals surface area contributed by atoms with Gasteiger partial charge in [-0.25, -0.2) is 14.6 Å². The number of hydrogen-bond acceptors (Lipinski definition) is 8. The maximum Gasteiger partial charge on any atom is 0.341 e. The summed E-state index contributed by atoms with van der Waals surface area (Å²) in [6.07, 6.45) is 1.34. The van der Waals surface area contributed by atoms with Crippen LogP contribution in [-0.4, -0.2) is 73.5 Å². The lowest BCUT2D eigenvalue weighted by molar-refractivity contribution is 0.0694. The fraction of sp³-hybridized carbons (Fsp3) is 0.500. The highest BCUT2D eigenvalue weighted by atomic mass is 19.1. The average molecular weight is 435 g/mol. The number of likely N-dealkylation sites (N-methyl/N-ethyl adjacent to an activating group) is 1. The number of hydrazine groups is 1. The zero-order chi connectivity index (χ0) is 22.1. The van der Waals surface area contributed by atoms with Gasteiger partial charge in [0, 0.05) is 38.9 Å². The van der Waals surface area contributed by atoms with Crippen molar-refractivity contribution >= 4 is 22.6 Å². The molecular weight excluding hydrogens is 409 g/mol. The van der Waals surface area contributed by atoms with Gasteiger partial charge in [-0.2, -0.15) is 0 Å². The van der Waals surface area contributed by atoms with Crippen LogP contribution in [0.2, 0.25) is 0 Å². The van der Waals surface area contributed by atoms with Gasteiger partial charge in [-0.15, -0.1) is 5.59 Å². The number of aromatic nitrogens is 1. The molecule has 3 aliphatic heterocycles. The number of ether oxygens (including phenoxy) is 1. The van der Waals surface area contributed by atoms with Crippen LogP contribution in [0.4, 0.5) is 10.1 Å². The highest BCUT2D eigenvalue weighted by molar-refractivity contribution is 5.97. The number of carbonyl (C=O) groups is 1. The summed E-state index contributed by atoms with van der Waals surface area (Å²) >= 11 is 0. The molecule has 1 aromatic carbocycles. The number of halogens is 1. The van der Waals surface area contributed by atoms with E-state index in [9.17, 15) is 19.1 Å². The van der Waals surface area contributed by atoms with Crippen molar-refractivity contribution in [3.8, 4) is 5.75 Å². The van der Waals surface area contributed by atoms with Gasteiger partial charge in [0.2, 0.25) is 5.43 Å². The van der Waals surface area contributed by atoms with E-state index in [2.05, 4.69) is 20.8 Å². The Kier molecular flexibility index (Phi) is 6.10. The van der Waals surface area contributed by atoms with Crippen LogP contribution in [-0.2, 0) is 4.84 Å². The van der Waals surface area contributed by atoms with Crippen molar-refractivity contribution in [2.24, 2.45) is 0 Å². The van der Waals surface area contributed by atoms with Crippen molar-refractivity contribution in [1.29, 1.82) is 0 Å². The first kappa shape index (κ1) is 21.5. The molecule has 3 aliphatic rings. The molecule has 11 heteroatoms. The summed E-state index contributed by atoms with van der Waals surface area (Å²) in [6, 6.07) is 0.994. The van der Waals surface area contributed by atoms with Gasteiger partial charge in [-0.3, -0.25) is 9.63 Å². The molecule has 0 bridgehead atoms. The molecule has 2 saturated heterocycles. The van der Waals surface area contributed by atoms with Crippen molar-refractivity contribution in [2.45, 2.75) is 13.0 Å². The zero-order valence-electron chi connectivity index (χ0n) is 17.5. The van der Waals surface area contributed by atoms with E-state index in [1.54, 1.807) is 4.57 Å². The molecule has 1 atom stereocenters. The molecule has 10 nitrogen and oxygen atoms in total. The highest BCUT2D eigenvalue weighted by Crippen LogP contribution is 2.42. The second-order valence-corrected chi connectivity index (χ2v) is 7.84. The molecule has 168 valence electrons. The number of pyridine rings is 1. The largest absolute Gasteiger partial charge is 0.487 e. The van der Waals surface area contributed by atoms with E-state index in [4.69, 9.17) is 4.74 Å². The summed E-state index contributed by atoms with van der Waals surface area (Å²) < 4.78 is 22.6. The summed E-state index contributed by atoms with van der Waals surface area (Å²) in [4.78, 5) is 32.7. The Morgan fingerprint density at radius 2 is 2.03 bits per heavy atom. The third-order valence-corrected chi connectivity index (χ3v) is 5.67. The molecular formula is C20H26FN5O5. The number of nitrogens with zero attached hydrogens (tertiary/aromatic N) is 3. The van der Waals surface area contributed by atoms with Crippen LogP contribution in [0, 0.1) is 5.82 Å². The second-order valence-electron chi connectivity index (χ2n) is 7.84. The summed E-state index contributed by atoms with van der Waals surface area (Å²) in [6.45, 7) is 6.77. The normalized spacial score (nSPS) is 20.9. The van der Waals surface area contributed by atoms with Crippen molar-refractivity contribution in [3.63, 3.8) is 0 Å². The molecule has 0 aliphatic carbocycles. The molecule has 0 amide bonds. The quantitative estimate of drug-likeness (QED) is 0.624. The van der Waals surface area contributed by atoms with Gasteiger partial charge < -0.3 is 24.2 Å². The smallest absolute Gasteiger partial charge is 0.341 e. The van der Waals surface area contributed by atoms with Gasteiger partial charge in [0.1, 0.15) is 17.9 Å². The number of hydrogen-bond donors (Lipinski definition) is 3. The van der Waals surface area contributed by atoms with Gasteiger partial charge in [0.25, 0.3) is 0 Å². The fourth-order valence-corrected chi connectivity index (χ4v) is 3.94. The zero-order valence-corrected chi connectivity index (χ0v) is 17.5. The lowest BCUT2D eigenvalue weighted by Crippen LogP contribution is -2.45. The number of piperazine rings is 1. The summed E-state index contributed by atoms with van der Waals surface area (Å²) in [7, 11) is 2.02. The monoisotopic (exact) mass is 435 g/mol. The first-order valence-electron chi connectivity index (χ1n) is 10.2. The molecule has 1 unspecified atom stereocenters. The molecule has 5 rings (SSSR count). The van der Waals surface area contributed by atoms with Gasteiger partial charge in [-0.1, -0.05) is 0 Å². The Labute approximate surface area is 178 Å². The Balaban J connectivity index is 0.000000407. The maximum absolute atomic E-state index is 15.0. The molecule has 1 aromatic heterocycles. The lowest BCUT2D eigenvalue weighted by atomic mass is 10.1. The van der Waals surface area contributed by atoms with Crippen molar-refractivity contribution < 1.29 is 23.9 Å². The third-order valence-electron chi connectivity index (χ3n) is 5.67. The summed E-state index contributed by atoms with van der Waals surface area (Å²) in [5.74, 6) is -1.54. The van der Waals surface area contributed by atoms with E-state index in [0.29, 0.717) is 30.0 Å². The Morgan fingerprint density at radius 3 is 2.61 bits per heavy atom. The molecule has 0 spiro atoms. The standard InChI is InChI=1S/C18H20FN3O4.C2H6N2O/c1-10-9-26-17-14-11(16(23)12(18(24)25)8-22(10)14)7-13(19)15(17)21-5-3-20(2)4-6-21;1-2-5-4-3-1/h7-8,10H,3-6,9H2,1-2H3,(H,24,25);3-4H,1-2H2. The fourth-order valence-electron chi connectivity index (χ4n) is 3.94. The number of rotatable bonds is 2. The number of nitrogens with one attached hydrogen (secondary N) is 2. The summed E-state index contributed by atoms with van der Waals surface area (Å²) in [5.41, 5.74) is 5.00. The van der Waals surface area contributed by atoms with Gasteiger partial charge in [-0.05, 0) is 20.0 Å². The predicted molar refractivity (Wildman–Crippen MR) is 112 cm³/mol. The van der Waals surface area contributed by atoms with Gasteiger partial charge in [0.15, 0.2) is 11.6 Å². The minimum Gasteiger partial charge on any atom is -0.487 e. The van der Waals surface area contributed by atoms with E-state index in [1.807, 2.05) is 18.9 Å². The molecule has 0 saturated carbocycles. The lowest BCUT2D eigenvalue weighted by Gasteiger charge is -2.37. The van der Waals surface area contributed by atoms with Crippen LogP contribution in [0.5, 0.6) is 5.75 Å². The van der Waals surface area contributed by atoms with Crippen molar-refractivity contribution in [2.75, 3.05) is 57.9 Å². The Hall–Kier alpha value is -2.73. The predicted octanol–water partition coefficient (Wildman–Crippen LogP) is 0.570. The van der Waals surface area contributed by atoms with Gasteiger partial charge in [0.05, 0.1) is 23.6 Å². The van der Waals surface area contributed by atoms with Crippen molar-refractivity contribution in [3.05, 3.63) is 33.9 Å². The Bertz CT molecular complexity index is 1040. The van der Waals surface area contributed by atoms with E-state index in [-0.39, 0.29) is 23.6 Å². The maximum atomic E-state index is 15.0. The van der Waals surface area contributed by atoms with E-state index in [0.717, 1.165) is 32.3 Å². The highest BCUT2D eigenvalue weighted by Gasteiger charge is 2.30. The van der Waals surface area contributed by atoms with E-state index >= 15 is 0 Å². The SMILES string of the molecule is C1CONN1.CC1COc2c(N3CCN(C)CC3)c(F)cc3c(=O)c(C(=O)O)cn1c23. The average Bonchev–Trinajstić information content (AvgIpc) is 3.33. The molecule has 3 N–H and O–H groups in total. The van der Waals surface area contributed by atoms with Crippen LogP contribution in [0.1, 0.15) is 23.3 Å². The number of carboxylic acid groups (broad SMARTS) is 1. The van der Waals surface area contributed by atoms with Crippen LogP contribution < -0.4 is 26.1 Å².